The Morgan fingerprint density at radius 3 is 2.33 bits per heavy atom. The van der Waals surface area contributed by atoms with Crippen LogP contribution in [-0.2, 0) is 0 Å². The zero-order chi connectivity index (χ0) is 11.3. The first-order valence-electron chi connectivity index (χ1n) is 6.26. The van der Waals surface area contributed by atoms with E-state index >= 15 is 0 Å². The molecule has 1 heterocycles. The van der Waals surface area contributed by atoms with E-state index in [0.717, 1.165) is 12.6 Å². The molecule has 3 nitrogen and oxygen atoms in total. The van der Waals surface area contributed by atoms with Crippen LogP contribution >= 0.6 is 0 Å². The molecule has 0 aliphatic carbocycles. The monoisotopic (exact) mass is 213 g/mol. The molecule has 1 fully saturated rings. The lowest BCUT2D eigenvalue weighted by molar-refractivity contribution is 0.130. The predicted molar refractivity (Wildman–Crippen MR) is 66.0 cm³/mol. The van der Waals surface area contributed by atoms with E-state index in [1.54, 1.807) is 0 Å². The number of piperidine rings is 1. The van der Waals surface area contributed by atoms with Crippen molar-refractivity contribution >= 4 is 0 Å². The first-order valence-corrected chi connectivity index (χ1v) is 6.26. The second-order valence-corrected chi connectivity index (χ2v) is 5.01. The number of hydrogen-bond donors (Lipinski definition) is 1. The summed E-state index contributed by atoms with van der Waals surface area (Å²) in [6, 6.07) is 0.791. The smallest absolute Gasteiger partial charge is 0.0113 e. The summed E-state index contributed by atoms with van der Waals surface area (Å²) in [5.74, 6) is 0.695. The van der Waals surface area contributed by atoms with Crippen molar-refractivity contribution < 1.29 is 0 Å². The molecular weight excluding hydrogens is 186 g/mol. The highest BCUT2D eigenvalue weighted by Gasteiger charge is 2.21. The number of nitrogens with zero attached hydrogens (tertiary/aromatic N) is 2. The van der Waals surface area contributed by atoms with Crippen LogP contribution in [0.5, 0.6) is 0 Å². The molecule has 0 bridgehead atoms. The Hall–Kier alpha value is -0.120. The van der Waals surface area contributed by atoms with Crippen LogP contribution in [0.2, 0.25) is 0 Å². The zero-order valence-corrected chi connectivity index (χ0v) is 10.6. The number of hydrogen-bond acceptors (Lipinski definition) is 3. The molecule has 15 heavy (non-hydrogen) atoms. The minimum absolute atomic E-state index is 0.695. The predicted octanol–water partition coefficient (Wildman–Crippen LogP) is 0.997. The van der Waals surface area contributed by atoms with E-state index in [0.29, 0.717) is 5.92 Å². The van der Waals surface area contributed by atoms with Crippen LogP contribution in [0.4, 0.5) is 0 Å². The van der Waals surface area contributed by atoms with Crippen LogP contribution in [0.1, 0.15) is 26.2 Å². The normalized spacial score (nSPS) is 22.2. The SMILES string of the molecule is CCC(CN)CN1CCC(N(C)C)CC1. The van der Waals surface area contributed by atoms with Crippen LogP contribution in [-0.4, -0.2) is 56.1 Å². The second-order valence-electron chi connectivity index (χ2n) is 5.01. The van der Waals surface area contributed by atoms with Crippen molar-refractivity contribution in [3.8, 4) is 0 Å². The third kappa shape index (κ3) is 4.09. The van der Waals surface area contributed by atoms with Gasteiger partial charge in [-0.3, -0.25) is 0 Å². The zero-order valence-electron chi connectivity index (χ0n) is 10.6. The van der Waals surface area contributed by atoms with Gasteiger partial charge in [0.05, 0.1) is 0 Å². The highest BCUT2D eigenvalue weighted by atomic mass is 15.2. The van der Waals surface area contributed by atoms with Gasteiger partial charge in [-0.05, 0) is 52.5 Å². The van der Waals surface area contributed by atoms with Crippen molar-refractivity contribution in [2.45, 2.75) is 32.2 Å². The average molecular weight is 213 g/mol. The summed E-state index contributed by atoms with van der Waals surface area (Å²) in [4.78, 5) is 4.94. The van der Waals surface area contributed by atoms with E-state index in [1.807, 2.05) is 0 Å². The van der Waals surface area contributed by atoms with Crippen molar-refractivity contribution in [2.75, 3.05) is 40.3 Å². The third-order valence-corrected chi connectivity index (χ3v) is 3.71. The summed E-state index contributed by atoms with van der Waals surface area (Å²) in [5.41, 5.74) is 5.74. The van der Waals surface area contributed by atoms with Gasteiger partial charge in [-0.15, -0.1) is 0 Å². The van der Waals surface area contributed by atoms with Gasteiger partial charge in [0.1, 0.15) is 0 Å². The standard InChI is InChI=1S/C12H27N3/c1-4-11(9-13)10-15-7-5-12(6-8-15)14(2)3/h11-12H,4-10,13H2,1-3H3. The lowest BCUT2D eigenvalue weighted by atomic mass is 10.0. The van der Waals surface area contributed by atoms with Gasteiger partial charge in [-0.2, -0.15) is 0 Å². The molecule has 2 N–H and O–H groups in total. The molecule has 1 aliphatic heterocycles. The molecule has 3 heteroatoms. The maximum Gasteiger partial charge on any atom is 0.0113 e. The van der Waals surface area contributed by atoms with Crippen LogP contribution in [0.15, 0.2) is 0 Å². The summed E-state index contributed by atoms with van der Waals surface area (Å²) < 4.78 is 0. The minimum atomic E-state index is 0.695. The molecule has 1 atom stereocenters. The van der Waals surface area contributed by atoms with Gasteiger partial charge in [-0.25, -0.2) is 0 Å². The fraction of sp³-hybridized carbons (Fsp3) is 1.00. The molecule has 1 saturated heterocycles. The second kappa shape index (κ2) is 6.46. The fourth-order valence-corrected chi connectivity index (χ4v) is 2.35. The average Bonchev–Trinajstić information content (AvgIpc) is 2.26. The number of rotatable bonds is 5. The highest BCUT2D eigenvalue weighted by Crippen LogP contribution is 2.15. The van der Waals surface area contributed by atoms with Crippen molar-refractivity contribution in [3.05, 3.63) is 0 Å². The first kappa shape index (κ1) is 12.9. The van der Waals surface area contributed by atoms with E-state index < -0.39 is 0 Å². The third-order valence-electron chi connectivity index (χ3n) is 3.71. The van der Waals surface area contributed by atoms with Crippen LogP contribution in [0, 0.1) is 5.92 Å². The molecule has 0 amide bonds. The van der Waals surface area contributed by atoms with Gasteiger partial charge < -0.3 is 15.5 Å². The van der Waals surface area contributed by atoms with E-state index in [1.165, 1.54) is 38.9 Å². The van der Waals surface area contributed by atoms with Crippen molar-refractivity contribution in [1.29, 1.82) is 0 Å². The Balaban J connectivity index is 2.25. The lowest BCUT2D eigenvalue weighted by Gasteiger charge is -2.36. The Kier molecular flexibility index (Phi) is 5.58. The van der Waals surface area contributed by atoms with E-state index in [2.05, 4.69) is 30.8 Å². The quantitative estimate of drug-likeness (QED) is 0.739. The van der Waals surface area contributed by atoms with Crippen LogP contribution < -0.4 is 5.73 Å². The lowest BCUT2D eigenvalue weighted by Crippen LogP contribution is -2.44. The molecule has 0 saturated carbocycles. The largest absolute Gasteiger partial charge is 0.330 e. The van der Waals surface area contributed by atoms with E-state index in [4.69, 9.17) is 5.73 Å². The molecule has 1 rings (SSSR count). The van der Waals surface area contributed by atoms with Gasteiger partial charge in [0, 0.05) is 12.6 Å². The minimum Gasteiger partial charge on any atom is -0.330 e. The number of nitrogens with two attached hydrogens (primary N) is 1. The van der Waals surface area contributed by atoms with Crippen molar-refractivity contribution in [2.24, 2.45) is 11.7 Å². The van der Waals surface area contributed by atoms with Gasteiger partial charge in [-0.1, -0.05) is 13.3 Å². The first-order chi connectivity index (χ1) is 7.17. The summed E-state index contributed by atoms with van der Waals surface area (Å²) in [5, 5.41) is 0. The Morgan fingerprint density at radius 2 is 1.93 bits per heavy atom. The molecular formula is C12H27N3. The molecule has 90 valence electrons. The maximum atomic E-state index is 5.74. The molecule has 1 aliphatic rings. The Bertz CT molecular complexity index is 158. The molecule has 0 radical (unpaired) electrons. The Morgan fingerprint density at radius 1 is 1.33 bits per heavy atom. The fourth-order valence-electron chi connectivity index (χ4n) is 2.35. The maximum absolute atomic E-state index is 5.74. The summed E-state index contributed by atoms with van der Waals surface area (Å²) in [6.45, 7) is 6.78. The van der Waals surface area contributed by atoms with Gasteiger partial charge in [0.25, 0.3) is 0 Å². The van der Waals surface area contributed by atoms with Gasteiger partial charge >= 0.3 is 0 Å². The molecule has 0 aromatic heterocycles. The summed E-state index contributed by atoms with van der Waals surface area (Å²) in [7, 11) is 4.38. The topological polar surface area (TPSA) is 32.5 Å². The molecule has 0 aromatic carbocycles. The van der Waals surface area contributed by atoms with Gasteiger partial charge in [0.15, 0.2) is 0 Å². The summed E-state index contributed by atoms with van der Waals surface area (Å²) in [6.07, 6.45) is 3.84. The summed E-state index contributed by atoms with van der Waals surface area (Å²) >= 11 is 0. The number of likely N-dealkylation sites (tertiary alicyclic amines) is 1. The molecule has 0 aromatic rings. The Labute approximate surface area is 94.6 Å². The van der Waals surface area contributed by atoms with Crippen LogP contribution in [0.25, 0.3) is 0 Å². The van der Waals surface area contributed by atoms with E-state index in [9.17, 15) is 0 Å². The van der Waals surface area contributed by atoms with Gasteiger partial charge in [0.2, 0.25) is 0 Å². The van der Waals surface area contributed by atoms with Crippen molar-refractivity contribution in [1.82, 2.24) is 9.80 Å². The van der Waals surface area contributed by atoms with Crippen LogP contribution in [0.3, 0.4) is 0 Å². The highest BCUT2D eigenvalue weighted by molar-refractivity contribution is 4.78. The van der Waals surface area contributed by atoms with Crippen molar-refractivity contribution in [3.63, 3.8) is 0 Å². The van der Waals surface area contributed by atoms with E-state index in [-0.39, 0.29) is 0 Å². The molecule has 1 unspecified atom stereocenters. The molecule has 0 spiro atoms.